The first kappa shape index (κ1) is 44.4. The average Bonchev–Trinajstić information content (AvgIpc) is 3.70. The number of rotatable bonds is 17. The average molecular weight is 862 g/mol. The number of nitrogens with zero attached hydrogens (tertiary/aromatic N) is 5. The number of likely N-dealkylation sites (tertiary alicyclic amines) is 2. The van der Waals surface area contributed by atoms with E-state index in [9.17, 15) is 25.3 Å². The van der Waals surface area contributed by atoms with Crippen LogP contribution < -0.4 is 14.2 Å². The lowest BCUT2D eigenvalue weighted by Gasteiger charge is -2.47. The second kappa shape index (κ2) is 20.0. The minimum absolute atomic E-state index is 0.0958. The van der Waals surface area contributed by atoms with Crippen LogP contribution in [0.2, 0.25) is 5.02 Å². The van der Waals surface area contributed by atoms with Crippen molar-refractivity contribution in [3.8, 4) is 23.3 Å². The summed E-state index contributed by atoms with van der Waals surface area (Å²) in [6, 6.07) is 22.5. The number of piperidine rings is 1. The molecule has 0 spiro atoms. The van der Waals surface area contributed by atoms with Crippen molar-refractivity contribution in [2.24, 2.45) is 5.41 Å². The number of carbonyl (C=O) groups excluding carboxylic acids is 1. The van der Waals surface area contributed by atoms with E-state index in [1.807, 2.05) is 29.2 Å². The Bertz CT molecular complexity index is 2310. The Hall–Kier alpha value is -5.62. The van der Waals surface area contributed by atoms with Gasteiger partial charge in [-0.05, 0) is 73.7 Å². The largest absolute Gasteiger partial charge is 0.488 e. The summed E-state index contributed by atoms with van der Waals surface area (Å²) < 4.78 is 25.9. The summed E-state index contributed by atoms with van der Waals surface area (Å²) in [5.41, 5.74) is 2.45. The zero-order valence-corrected chi connectivity index (χ0v) is 35.8. The number of hydrogen-bond donors (Lipinski definition) is 1. The predicted molar refractivity (Wildman–Crippen MR) is 235 cm³/mol. The SMILES string of the molecule is CC1(C)C(c2ccccc2)=CC=CC1(COc1cc(OCc2cncc(C#N)c2)c(CN2CCCC[C@H]2C(=O)Oc2ccc([N+](=O)[O-])cc2)cc1Cl)OCCCN1CC[C@@H](O)C1. The minimum atomic E-state index is -0.908. The number of non-ortho nitro benzene ring substituents is 1. The molecule has 3 heterocycles. The van der Waals surface area contributed by atoms with Gasteiger partial charge < -0.3 is 29.0 Å². The Labute approximate surface area is 367 Å². The molecule has 0 radical (unpaired) electrons. The van der Waals surface area contributed by atoms with E-state index in [-0.39, 0.29) is 30.8 Å². The molecular weight excluding hydrogens is 810 g/mol. The number of nitro groups is 1. The van der Waals surface area contributed by atoms with E-state index < -0.39 is 28.0 Å². The van der Waals surface area contributed by atoms with Gasteiger partial charge in [-0.2, -0.15) is 5.26 Å². The van der Waals surface area contributed by atoms with Crippen LogP contribution in [0.1, 0.15) is 68.2 Å². The van der Waals surface area contributed by atoms with E-state index >= 15 is 0 Å². The van der Waals surface area contributed by atoms with Crippen molar-refractivity contribution in [1.82, 2.24) is 14.8 Å². The highest BCUT2D eigenvalue weighted by Crippen LogP contribution is 2.49. The molecule has 3 atom stereocenters. The first-order valence-corrected chi connectivity index (χ1v) is 21.4. The van der Waals surface area contributed by atoms with Gasteiger partial charge in [-0.25, -0.2) is 4.79 Å². The summed E-state index contributed by atoms with van der Waals surface area (Å²) >= 11 is 7.11. The number of ether oxygens (including phenoxy) is 4. The number of aliphatic hydroxyl groups is 1. The van der Waals surface area contributed by atoms with Crippen LogP contribution in [-0.2, 0) is 22.7 Å². The lowest BCUT2D eigenvalue weighted by molar-refractivity contribution is -0.384. The van der Waals surface area contributed by atoms with E-state index in [2.05, 4.69) is 54.1 Å². The molecule has 2 aliphatic heterocycles. The summed E-state index contributed by atoms with van der Waals surface area (Å²) in [5.74, 6) is 0.632. The van der Waals surface area contributed by atoms with Crippen molar-refractivity contribution in [2.45, 2.75) is 76.9 Å². The number of nitro benzene ring substituents is 1. The maximum Gasteiger partial charge on any atom is 0.328 e. The van der Waals surface area contributed by atoms with Crippen LogP contribution in [0, 0.1) is 26.9 Å². The van der Waals surface area contributed by atoms with Crippen LogP contribution in [0.25, 0.3) is 5.57 Å². The van der Waals surface area contributed by atoms with Crippen molar-refractivity contribution < 1.29 is 33.8 Å². The van der Waals surface area contributed by atoms with Gasteiger partial charge in [0.15, 0.2) is 0 Å². The monoisotopic (exact) mass is 861 g/mol. The molecule has 1 N–H and O–H groups in total. The second-order valence-corrected chi connectivity index (χ2v) is 17.0. The Morgan fingerprint density at radius 1 is 1.03 bits per heavy atom. The molecule has 7 rings (SSSR count). The van der Waals surface area contributed by atoms with Crippen LogP contribution in [0.5, 0.6) is 17.2 Å². The summed E-state index contributed by atoms with van der Waals surface area (Å²) in [5, 5.41) is 31.1. The quantitative estimate of drug-likeness (QED) is 0.0356. The number of halogens is 1. The van der Waals surface area contributed by atoms with Crippen molar-refractivity contribution in [1.29, 1.82) is 5.26 Å². The van der Waals surface area contributed by atoms with E-state index in [1.165, 1.54) is 30.5 Å². The van der Waals surface area contributed by atoms with Gasteiger partial charge in [0.25, 0.3) is 5.69 Å². The van der Waals surface area contributed by atoms with Gasteiger partial charge >= 0.3 is 5.97 Å². The van der Waals surface area contributed by atoms with Crippen LogP contribution in [0.4, 0.5) is 5.69 Å². The molecule has 324 valence electrons. The maximum atomic E-state index is 13.6. The number of carbonyl (C=O) groups is 1. The fraction of sp³-hybridized carbons (Fsp3) is 0.396. The van der Waals surface area contributed by atoms with Crippen molar-refractivity contribution in [3.63, 3.8) is 0 Å². The number of hydrogen-bond acceptors (Lipinski definition) is 12. The predicted octanol–water partition coefficient (Wildman–Crippen LogP) is 8.32. The molecule has 2 fully saturated rings. The Morgan fingerprint density at radius 3 is 2.58 bits per heavy atom. The summed E-state index contributed by atoms with van der Waals surface area (Å²) in [6.07, 6.45) is 12.9. The molecule has 0 bridgehead atoms. The van der Waals surface area contributed by atoms with Gasteiger partial charge in [0, 0.05) is 79.9 Å². The molecule has 0 saturated carbocycles. The van der Waals surface area contributed by atoms with Crippen molar-refractivity contribution >= 4 is 28.8 Å². The maximum absolute atomic E-state index is 13.6. The normalized spacial score (nSPS) is 21.2. The molecule has 3 aliphatic rings. The Balaban J connectivity index is 1.15. The molecule has 1 aromatic heterocycles. The number of pyridine rings is 1. The topological polar surface area (TPSA) is 161 Å². The molecular formula is C48H52ClN5O8. The number of benzene rings is 3. The van der Waals surface area contributed by atoms with Crippen LogP contribution in [0.15, 0.2) is 103 Å². The Morgan fingerprint density at radius 2 is 1.84 bits per heavy atom. The molecule has 13 nitrogen and oxygen atoms in total. The third-order valence-corrected chi connectivity index (χ3v) is 12.4. The number of β-amino-alcohol motifs (C(OH)–C–C–N with tert-alkyl or cyclic N) is 1. The first-order valence-electron chi connectivity index (χ1n) is 21.1. The van der Waals surface area contributed by atoms with Crippen LogP contribution in [-0.4, -0.2) is 87.9 Å². The van der Waals surface area contributed by atoms with Crippen molar-refractivity contribution in [3.05, 3.63) is 141 Å². The molecule has 14 heteroatoms. The summed E-state index contributed by atoms with van der Waals surface area (Å²) in [4.78, 5) is 32.8. The number of nitriles is 1. The highest BCUT2D eigenvalue weighted by molar-refractivity contribution is 6.32. The number of allylic oxidation sites excluding steroid dienone is 2. The molecule has 4 aromatic rings. The van der Waals surface area contributed by atoms with Gasteiger partial charge in [0.2, 0.25) is 0 Å². The van der Waals surface area contributed by atoms with E-state index in [4.69, 9.17) is 30.5 Å². The van der Waals surface area contributed by atoms with Gasteiger partial charge in [-0.1, -0.05) is 74.4 Å². The Kier molecular flexibility index (Phi) is 14.4. The summed E-state index contributed by atoms with van der Waals surface area (Å²) in [6.45, 7) is 8.28. The molecule has 0 amide bonds. The molecule has 3 aromatic carbocycles. The lowest BCUT2D eigenvalue weighted by atomic mass is 9.65. The van der Waals surface area contributed by atoms with E-state index in [0.29, 0.717) is 65.9 Å². The number of aliphatic hydroxyl groups excluding tert-OH is 1. The van der Waals surface area contributed by atoms with Gasteiger partial charge in [-0.15, -0.1) is 0 Å². The van der Waals surface area contributed by atoms with E-state index in [1.54, 1.807) is 24.4 Å². The zero-order valence-electron chi connectivity index (χ0n) is 35.1. The van der Waals surface area contributed by atoms with Crippen LogP contribution >= 0.6 is 11.6 Å². The third-order valence-electron chi connectivity index (χ3n) is 12.1. The highest BCUT2D eigenvalue weighted by atomic mass is 35.5. The minimum Gasteiger partial charge on any atom is -0.488 e. The molecule has 1 aliphatic carbocycles. The highest BCUT2D eigenvalue weighted by Gasteiger charge is 2.49. The summed E-state index contributed by atoms with van der Waals surface area (Å²) in [7, 11) is 0. The standard InChI is InChI=1S/C48H52ClN5O8/c1-47(2)41(36-10-4-3-5-11-36)12-8-19-48(47,61-23-9-20-52-22-18-39(55)31-52)33-60-45-26-44(59-32-35-24-34(27-50)28-51-29-35)37(25-42(45)49)30-53-21-7-6-13-43(53)46(56)62-40-16-14-38(15-17-40)54(57)58/h3-5,8,10-12,14-17,19,24-26,28-29,39,43,55H,6-7,9,13,18,20-23,30-33H2,1-2H3/t39-,43+,48?/m1/s1. The van der Waals surface area contributed by atoms with Gasteiger partial charge in [-0.3, -0.25) is 20.0 Å². The first-order chi connectivity index (χ1) is 29.9. The fourth-order valence-electron chi connectivity index (χ4n) is 8.48. The van der Waals surface area contributed by atoms with Gasteiger partial charge in [0.05, 0.1) is 21.6 Å². The fourth-order valence-corrected chi connectivity index (χ4v) is 8.72. The van der Waals surface area contributed by atoms with Crippen LogP contribution in [0.3, 0.4) is 0 Å². The number of esters is 1. The third kappa shape index (κ3) is 10.5. The lowest BCUT2D eigenvalue weighted by Crippen LogP contribution is -2.52. The number of aromatic nitrogens is 1. The molecule has 2 saturated heterocycles. The second-order valence-electron chi connectivity index (χ2n) is 16.6. The van der Waals surface area contributed by atoms with Gasteiger partial charge in [0.1, 0.15) is 48.2 Å². The zero-order chi connectivity index (χ0) is 43.7. The molecule has 62 heavy (non-hydrogen) atoms. The van der Waals surface area contributed by atoms with E-state index in [0.717, 1.165) is 49.9 Å². The van der Waals surface area contributed by atoms with Crippen molar-refractivity contribution in [2.75, 3.05) is 39.4 Å². The smallest absolute Gasteiger partial charge is 0.328 e. The molecule has 1 unspecified atom stereocenters.